The number of hydrogen-bond donors (Lipinski definition) is 1. The molecule has 2 rings (SSSR count). The van der Waals surface area contributed by atoms with Crippen molar-refractivity contribution in [3.8, 4) is 5.75 Å². The zero-order chi connectivity index (χ0) is 15.7. The van der Waals surface area contributed by atoms with E-state index < -0.39 is 22.0 Å². The van der Waals surface area contributed by atoms with Crippen molar-refractivity contribution in [3.05, 3.63) is 24.0 Å². The summed E-state index contributed by atoms with van der Waals surface area (Å²) < 4.78 is 42.8. The molecule has 1 amide bonds. The first kappa shape index (κ1) is 15.6. The first-order valence-electron chi connectivity index (χ1n) is 6.21. The van der Waals surface area contributed by atoms with Crippen molar-refractivity contribution in [2.75, 3.05) is 6.61 Å². The maximum absolute atomic E-state index is 12.4. The molecule has 1 unspecified atom stereocenters. The van der Waals surface area contributed by atoms with Crippen molar-refractivity contribution >= 4 is 16.4 Å². The second kappa shape index (κ2) is 5.57. The van der Waals surface area contributed by atoms with Crippen LogP contribution in [0.5, 0.6) is 5.75 Å². The van der Waals surface area contributed by atoms with E-state index in [0.29, 0.717) is 13.0 Å². The molecule has 116 valence electrons. The number of nitrogens with zero attached hydrogens (tertiary/aromatic N) is 1. The molecule has 7 nitrogen and oxygen atoms in total. The number of carbonyl (C=O) groups is 1. The molecule has 9 heteroatoms. The normalized spacial score (nSPS) is 21.0. The summed E-state index contributed by atoms with van der Waals surface area (Å²) in [6.45, 7) is 4.26. The van der Waals surface area contributed by atoms with Gasteiger partial charge in [-0.1, -0.05) is 3.89 Å². The van der Waals surface area contributed by atoms with Gasteiger partial charge in [-0.3, -0.25) is 9.78 Å². The Morgan fingerprint density at radius 1 is 1.52 bits per heavy atom. The van der Waals surface area contributed by atoms with Crippen LogP contribution >= 0.6 is 0 Å². The molecule has 2 heterocycles. The lowest BCUT2D eigenvalue weighted by Gasteiger charge is -2.26. The first-order chi connectivity index (χ1) is 9.67. The summed E-state index contributed by atoms with van der Waals surface area (Å²) in [6.07, 6.45) is 2.90. The van der Waals surface area contributed by atoms with E-state index in [9.17, 15) is 17.1 Å². The maximum atomic E-state index is 12.4. The highest BCUT2D eigenvalue weighted by Gasteiger charge is 2.36. The van der Waals surface area contributed by atoms with Gasteiger partial charge in [0.25, 0.3) is 5.91 Å². The van der Waals surface area contributed by atoms with Gasteiger partial charge >= 0.3 is 10.5 Å². The zero-order valence-corrected chi connectivity index (χ0v) is 12.3. The van der Waals surface area contributed by atoms with E-state index in [0.717, 1.165) is 12.3 Å². The van der Waals surface area contributed by atoms with Gasteiger partial charge in [-0.25, -0.2) is 0 Å². The summed E-state index contributed by atoms with van der Waals surface area (Å²) in [4.78, 5) is 15.8. The van der Waals surface area contributed by atoms with Crippen molar-refractivity contribution in [1.82, 2.24) is 10.3 Å². The highest BCUT2D eigenvalue weighted by atomic mass is 32.3. The average Bonchev–Trinajstić information content (AvgIpc) is 2.67. The summed E-state index contributed by atoms with van der Waals surface area (Å²) in [5.74, 6) is -0.833. The third-order valence-electron chi connectivity index (χ3n) is 3.20. The van der Waals surface area contributed by atoms with Gasteiger partial charge in [-0.15, -0.1) is 0 Å². The average molecular weight is 318 g/mol. The Bertz CT molecular complexity index is 647. The Kier molecular flexibility index (Phi) is 4.15. The van der Waals surface area contributed by atoms with E-state index in [4.69, 9.17) is 4.74 Å². The molecule has 0 spiro atoms. The second-order valence-electron chi connectivity index (χ2n) is 5.15. The largest absolute Gasteiger partial charge is 0.488 e. The van der Waals surface area contributed by atoms with Crippen molar-refractivity contribution < 1.29 is 26.0 Å². The summed E-state index contributed by atoms with van der Waals surface area (Å²) in [5.41, 5.74) is -0.418. The van der Waals surface area contributed by atoms with Gasteiger partial charge in [0, 0.05) is 12.8 Å². The minimum Gasteiger partial charge on any atom is -0.373 e. The molecule has 1 saturated heterocycles. The summed E-state index contributed by atoms with van der Waals surface area (Å²) >= 11 is 0. The molecular formula is C12H15FN2O5S. The van der Waals surface area contributed by atoms with Crippen LogP contribution in [0.4, 0.5) is 3.89 Å². The molecule has 1 aromatic heterocycles. The fraction of sp³-hybridized carbons (Fsp3) is 0.500. The van der Waals surface area contributed by atoms with Crippen LogP contribution in [0.15, 0.2) is 18.5 Å². The van der Waals surface area contributed by atoms with E-state index in [1.807, 2.05) is 13.8 Å². The third kappa shape index (κ3) is 4.11. The lowest BCUT2D eigenvalue weighted by molar-refractivity contribution is 0.0213. The fourth-order valence-corrected chi connectivity index (χ4v) is 2.40. The van der Waals surface area contributed by atoms with Gasteiger partial charge in [0.1, 0.15) is 0 Å². The quantitative estimate of drug-likeness (QED) is 0.831. The molecule has 1 aromatic rings. The number of aromatic nitrogens is 1. The Morgan fingerprint density at radius 3 is 2.81 bits per heavy atom. The van der Waals surface area contributed by atoms with Crippen LogP contribution in [0.2, 0.25) is 0 Å². The molecule has 21 heavy (non-hydrogen) atoms. The predicted molar refractivity (Wildman–Crippen MR) is 70.8 cm³/mol. The van der Waals surface area contributed by atoms with E-state index in [2.05, 4.69) is 14.5 Å². The Labute approximate surface area is 121 Å². The third-order valence-corrected chi connectivity index (χ3v) is 3.59. The van der Waals surface area contributed by atoms with Crippen LogP contribution in [-0.2, 0) is 15.2 Å². The Hall–Kier alpha value is -1.74. The van der Waals surface area contributed by atoms with Crippen LogP contribution in [0.3, 0.4) is 0 Å². The molecule has 0 aromatic carbocycles. The molecule has 0 saturated carbocycles. The minimum absolute atomic E-state index is 0.0684. The second-order valence-corrected chi connectivity index (χ2v) is 6.11. The number of ether oxygens (including phenoxy) is 1. The fourth-order valence-electron chi connectivity index (χ4n) is 2.08. The molecular weight excluding hydrogens is 303 g/mol. The van der Waals surface area contributed by atoms with Gasteiger partial charge in [0.15, 0.2) is 5.75 Å². The van der Waals surface area contributed by atoms with Crippen molar-refractivity contribution in [2.24, 2.45) is 0 Å². The molecule has 1 fully saturated rings. The molecule has 0 radical (unpaired) electrons. The van der Waals surface area contributed by atoms with Crippen molar-refractivity contribution in [3.63, 3.8) is 0 Å². The molecule has 1 aliphatic rings. The van der Waals surface area contributed by atoms with Gasteiger partial charge in [-0.2, -0.15) is 8.42 Å². The number of pyridine rings is 1. The van der Waals surface area contributed by atoms with E-state index >= 15 is 0 Å². The summed E-state index contributed by atoms with van der Waals surface area (Å²) in [6, 6.07) is 0.918. The first-order valence-corrected chi connectivity index (χ1v) is 7.52. The predicted octanol–water partition coefficient (Wildman–Crippen LogP) is 0.972. The van der Waals surface area contributed by atoms with Crippen LogP contribution in [-0.4, -0.2) is 37.6 Å². The van der Waals surface area contributed by atoms with Crippen LogP contribution < -0.4 is 9.50 Å². The number of halogens is 1. The van der Waals surface area contributed by atoms with Crippen molar-refractivity contribution in [2.45, 2.75) is 31.9 Å². The molecule has 0 aliphatic carbocycles. The topological polar surface area (TPSA) is 94.6 Å². The Morgan fingerprint density at radius 2 is 2.24 bits per heavy atom. The maximum Gasteiger partial charge on any atom is 0.488 e. The number of hydrogen-bond acceptors (Lipinski definition) is 6. The lowest BCUT2D eigenvalue weighted by Crippen LogP contribution is -2.46. The van der Waals surface area contributed by atoms with Crippen LogP contribution in [0.1, 0.15) is 30.6 Å². The standard InChI is InChI=1S/C12H15FN2O5S/c1-12(2)10(3-4-19-12)15-11(16)8-5-9(7-14-6-8)20-21(13,17)18/h5-7,10H,3-4H2,1-2H3,(H,15,16). The highest BCUT2D eigenvalue weighted by Crippen LogP contribution is 2.25. The van der Waals surface area contributed by atoms with Gasteiger partial charge in [0.2, 0.25) is 0 Å². The van der Waals surface area contributed by atoms with Crippen LogP contribution in [0.25, 0.3) is 0 Å². The van der Waals surface area contributed by atoms with Gasteiger partial charge in [-0.05, 0) is 26.3 Å². The van der Waals surface area contributed by atoms with E-state index in [1.165, 1.54) is 6.20 Å². The molecule has 0 bridgehead atoms. The van der Waals surface area contributed by atoms with Gasteiger partial charge < -0.3 is 14.2 Å². The summed E-state index contributed by atoms with van der Waals surface area (Å²) in [7, 11) is -5.15. The molecule has 1 N–H and O–H groups in total. The monoisotopic (exact) mass is 318 g/mol. The van der Waals surface area contributed by atoms with Crippen LogP contribution in [0, 0.1) is 0 Å². The summed E-state index contributed by atoms with van der Waals surface area (Å²) in [5, 5.41) is 2.77. The number of carbonyl (C=O) groups excluding carboxylic acids is 1. The highest BCUT2D eigenvalue weighted by molar-refractivity contribution is 7.81. The number of amides is 1. The SMILES string of the molecule is CC1(C)OCCC1NC(=O)c1cncc(OS(=O)(=O)F)c1. The molecule has 1 atom stereocenters. The minimum atomic E-state index is -5.15. The van der Waals surface area contributed by atoms with E-state index in [-0.39, 0.29) is 17.4 Å². The smallest absolute Gasteiger partial charge is 0.373 e. The van der Waals surface area contributed by atoms with E-state index in [1.54, 1.807) is 0 Å². The Balaban J connectivity index is 2.11. The van der Waals surface area contributed by atoms with Crippen molar-refractivity contribution in [1.29, 1.82) is 0 Å². The number of rotatable bonds is 4. The molecule has 1 aliphatic heterocycles. The zero-order valence-electron chi connectivity index (χ0n) is 11.5. The number of nitrogens with one attached hydrogen (secondary N) is 1. The van der Waals surface area contributed by atoms with Gasteiger partial charge in [0.05, 0.1) is 23.4 Å². The lowest BCUT2D eigenvalue weighted by atomic mass is 9.99.